The number of hydrogen-bond acceptors (Lipinski definition) is 6. The Kier molecular flexibility index (Phi) is 5.04. The SMILES string of the molecule is C1=Nc2ccccc2[O][Al]([O]c2ccccc2-c2nc3ccccc3o2)[O]c2ccccc21. The molecule has 2 heterocycles. The summed E-state index contributed by atoms with van der Waals surface area (Å²) in [5.41, 5.74) is 3.80. The van der Waals surface area contributed by atoms with Crippen LogP contribution >= 0.6 is 0 Å². The third-order valence-electron chi connectivity index (χ3n) is 5.21. The second kappa shape index (κ2) is 8.47. The van der Waals surface area contributed by atoms with Gasteiger partial charge in [-0.25, -0.2) is 4.98 Å². The minimum atomic E-state index is -2.77. The summed E-state index contributed by atoms with van der Waals surface area (Å²) in [7, 11) is 0. The summed E-state index contributed by atoms with van der Waals surface area (Å²) < 4.78 is 24.9. The Bertz CT molecular complexity index is 1400. The zero-order chi connectivity index (χ0) is 22.0. The molecule has 6 rings (SSSR count). The van der Waals surface area contributed by atoms with Crippen LogP contribution in [0, 0.1) is 0 Å². The molecule has 0 saturated carbocycles. The van der Waals surface area contributed by atoms with Gasteiger partial charge in [0.25, 0.3) is 0 Å². The molecule has 0 spiro atoms. The molecule has 5 aromatic rings. The van der Waals surface area contributed by atoms with Gasteiger partial charge in [0.15, 0.2) is 5.58 Å². The first-order valence-corrected chi connectivity index (χ1v) is 11.9. The van der Waals surface area contributed by atoms with Crippen molar-refractivity contribution >= 4 is 38.2 Å². The molecule has 1 aliphatic rings. The second-order valence-electron chi connectivity index (χ2n) is 7.39. The lowest BCUT2D eigenvalue weighted by Gasteiger charge is -2.18. The molecule has 0 fully saturated rings. The van der Waals surface area contributed by atoms with Crippen molar-refractivity contribution in [2.45, 2.75) is 0 Å². The predicted octanol–water partition coefficient (Wildman–Crippen LogP) is 6.08. The van der Waals surface area contributed by atoms with Gasteiger partial charge < -0.3 is 15.8 Å². The Balaban J connectivity index is 1.40. The monoisotopic (exact) mass is 448 g/mol. The van der Waals surface area contributed by atoms with Crippen LogP contribution in [0.15, 0.2) is 106 Å². The largest absolute Gasteiger partial charge is 1.20 e. The Morgan fingerprint density at radius 1 is 0.697 bits per heavy atom. The van der Waals surface area contributed by atoms with Crippen LogP contribution in [0.4, 0.5) is 5.69 Å². The Hall–Kier alpha value is -4.05. The lowest BCUT2D eigenvalue weighted by Crippen LogP contribution is -2.37. The fourth-order valence-electron chi connectivity index (χ4n) is 3.61. The van der Waals surface area contributed by atoms with Crippen LogP contribution in [-0.4, -0.2) is 26.3 Å². The number of para-hydroxylation sites is 6. The highest BCUT2D eigenvalue weighted by atomic mass is 27.3. The van der Waals surface area contributed by atoms with Crippen molar-refractivity contribution in [2.24, 2.45) is 4.99 Å². The maximum absolute atomic E-state index is 6.38. The summed E-state index contributed by atoms with van der Waals surface area (Å²) in [5, 5.41) is 0. The molecule has 0 N–H and O–H groups in total. The smallest absolute Gasteiger partial charge is 0.577 e. The van der Waals surface area contributed by atoms with E-state index in [0.29, 0.717) is 28.8 Å². The average molecular weight is 448 g/mol. The van der Waals surface area contributed by atoms with Crippen molar-refractivity contribution in [3.05, 3.63) is 103 Å². The van der Waals surface area contributed by atoms with Crippen LogP contribution in [0.1, 0.15) is 5.56 Å². The Morgan fingerprint density at radius 2 is 1.42 bits per heavy atom. The minimum absolute atomic E-state index is 0.480. The summed E-state index contributed by atoms with van der Waals surface area (Å²) in [6.07, 6.45) is 1.78. The third-order valence-corrected chi connectivity index (χ3v) is 6.55. The molecule has 0 amide bonds. The fraction of sp³-hybridized carbons (Fsp3) is 0. The van der Waals surface area contributed by atoms with E-state index in [-0.39, 0.29) is 0 Å². The van der Waals surface area contributed by atoms with Crippen molar-refractivity contribution in [1.82, 2.24) is 4.98 Å². The molecule has 7 heteroatoms. The molecule has 0 atom stereocenters. The number of fused-ring (bicyclic) bond motifs is 3. The van der Waals surface area contributed by atoms with Gasteiger partial charge in [0.2, 0.25) is 5.89 Å². The number of nitrogens with zero attached hydrogens (tertiary/aromatic N) is 2. The highest BCUT2D eigenvalue weighted by Gasteiger charge is 2.46. The zero-order valence-electron chi connectivity index (χ0n) is 17.4. The van der Waals surface area contributed by atoms with Crippen LogP contribution in [-0.2, 0) is 0 Å². The van der Waals surface area contributed by atoms with Crippen molar-refractivity contribution < 1.29 is 15.8 Å². The van der Waals surface area contributed by atoms with E-state index in [1.54, 1.807) is 6.21 Å². The second-order valence-corrected chi connectivity index (χ2v) is 8.67. The van der Waals surface area contributed by atoms with Crippen molar-refractivity contribution in [1.29, 1.82) is 0 Å². The predicted molar refractivity (Wildman–Crippen MR) is 127 cm³/mol. The first-order valence-electron chi connectivity index (χ1n) is 10.5. The summed E-state index contributed by atoms with van der Waals surface area (Å²) in [4.78, 5) is 9.21. The van der Waals surface area contributed by atoms with Gasteiger partial charge in [-0.15, -0.1) is 0 Å². The molecule has 0 unspecified atom stereocenters. The number of aromatic nitrogens is 1. The quantitative estimate of drug-likeness (QED) is 0.313. The van der Waals surface area contributed by atoms with E-state index in [1.807, 2.05) is 97.1 Å². The molecule has 6 nitrogen and oxygen atoms in total. The number of benzene rings is 4. The number of aliphatic imine (C=N–C) groups is 1. The number of hydrogen-bond donors (Lipinski definition) is 0. The van der Waals surface area contributed by atoms with Crippen LogP contribution in [0.3, 0.4) is 0 Å². The van der Waals surface area contributed by atoms with Crippen LogP contribution in [0.25, 0.3) is 22.6 Å². The van der Waals surface area contributed by atoms with Gasteiger partial charge in [0, 0.05) is 11.8 Å². The highest BCUT2D eigenvalue weighted by molar-refractivity contribution is 6.40. The molecule has 158 valence electrons. The maximum atomic E-state index is 6.38. The van der Waals surface area contributed by atoms with Gasteiger partial charge in [0.1, 0.15) is 17.0 Å². The van der Waals surface area contributed by atoms with E-state index in [1.165, 1.54) is 0 Å². The molecule has 0 radical (unpaired) electrons. The minimum Gasteiger partial charge on any atom is -0.577 e. The summed E-state index contributed by atoms with van der Waals surface area (Å²) >= 11 is -2.77. The molecular weight excluding hydrogens is 431 g/mol. The summed E-state index contributed by atoms with van der Waals surface area (Å²) in [6.45, 7) is 0. The van der Waals surface area contributed by atoms with Gasteiger partial charge in [-0.1, -0.05) is 48.5 Å². The van der Waals surface area contributed by atoms with Crippen molar-refractivity contribution in [3.8, 4) is 28.7 Å². The molecule has 1 aromatic heterocycles. The topological polar surface area (TPSA) is 66.1 Å². The summed E-state index contributed by atoms with van der Waals surface area (Å²) in [6, 6.07) is 30.5. The van der Waals surface area contributed by atoms with E-state index in [0.717, 1.165) is 22.2 Å². The van der Waals surface area contributed by atoms with Gasteiger partial charge >= 0.3 is 15.1 Å². The van der Waals surface area contributed by atoms with E-state index in [4.69, 9.17) is 15.8 Å². The van der Waals surface area contributed by atoms with Gasteiger partial charge in [-0.2, -0.15) is 0 Å². The molecule has 4 aromatic carbocycles. The molecule has 0 bridgehead atoms. The molecule has 0 aliphatic carbocycles. The van der Waals surface area contributed by atoms with Crippen LogP contribution in [0.5, 0.6) is 17.2 Å². The average Bonchev–Trinajstić information content (AvgIpc) is 3.30. The van der Waals surface area contributed by atoms with E-state index in [2.05, 4.69) is 9.98 Å². The van der Waals surface area contributed by atoms with Gasteiger partial charge in [-0.05, 0) is 48.5 Å². The maximum Gasteiger partial charge on any atom is 1.20 e. The molecule has 0 saturated heterocycles. The standard InChI is InChI=1S/C13H9NO2.C13H11NO2.Al/c15-11-7-3-1-5-9(11)13-14-10-6-2-4-8-12(10)16-13;15-12-7-3-1-5-10(12)9-14-11-6-2-4-8-13(11)16;/h1-8,15H;1-9,15-16H;/q;;+3/p-3. The van der Waals surface area contributed by atoms with E-state index < -0.39 is 15.1 Å². The Labute approximate surface area is 195 Å². The first-order chi connectivity index (χ1) is 16.3. The van der Waals surface area contributed by atoms with Crippen LogP contribution < -0.4 is 11.4 Å². The van der Waals surface area contributed by atoms with Gasteiger partial charge in [-0.3, -0.25) is 4.99 Å². The molecule has 1 aliphatic heterocycles. The van der Waals surface area contributed by atoms with Crippen molar-refractivity contribution in [2.75, 3.05) is 0 Å². The van der Waals surface area contributed by atoms with Crippen molar-refractivity contribution in [3.63, 3.8) is 0 Å². The molecular formula is C26H17AlN2O4. The lowest BCUT2D eigenvalue weighted by atomic mass is 10.2. The number of oxazole rings is 1. The van der Waals surface area contributed by atoms with Crippen LogP contribution in [0.2, 0.25) is 0 Å². The zero-order valence-corrected chi connectivity index (χ0v) is 18.6. The van der Waals surface area contributed by atoms with E-state index in [9.17, 15) is 0 Å². The Morgan fingerprint density at radius 3 is 2.36 bits per heavy atom. The lowest BCUT2D eigenvalue weighted by molar-refractivity contribution is 0.308. The highest BCUT2D eigenvalue weighted by Crippen LogP contribution is 2.34. The van der Waals surface area contributed by atoms with Gasteiger partial charge in [0.05, 0.1) is 17.1 Å². The normalized spacial score (nSPS) is 12.5. The fourth-order valence-corrected chi connectivity index (χ4v) is 5.00. The summed E-state index contributed by atoms with van der Waals surface area (Å²) in [5.74, 6) is 2.33. The number of rotatable bonds is 3. The third kappa shape index (κ3) is 3.96. The van der Waals surface area contributed by atoms with E-state index >= 15 is 0 Å². The molecule has 33 heavy (non-hydrogen) atoms. The first kappa shape index (κ1) is 19.6.